The van der Waals surface area contributed by atoms with Crippen LogP contribution in [-0.2, 0) is 15.3 Å². The van der Waals surface area contributed by atoms with E-state index >= 15 is 0 Å². The van der Waals surface area contributed by atoms with Crippen LogP contribution in [0.2, 0.25) is 0 Å². The van der Waals surface area contributed by atoms with Crippen molar-refractivity contribution >= 4 is 49.5 Å². The van der Waals surface area contributed by atoms with Gasteiger partial charge in [-0.25, -0.2) is 13.4 Å². The quantitative estimate of drug-likeness (QED) is 0.644. The summed E-state index contributed by atoms with van der Waals surface area (Å²) in [6.07, 6.45) is 1.77. The molecule has 3 aromatic rings. The maximum Gasteiger partial charge on any atom is 0.215 e. The standard InChI is InChI=1S/C21H25N3O2S2.ClH/c1-21(2,3)15-4-6-16(7-5-15)28(25,26)19-14-17-18(27-19)8-9-23-20(17)24-12-10-22-11-13-24;/h4-9,14,22H,10-13H2,1-3H3;1H. The topological polar surface area (TPSA) is 62.3 Å². The second-order valence-corrected chi connectivity index (χ2v) is 11.4. The molecule has 5 nitrogen and oxygen atoms in total. The van der Waals surface area contributed by atoms with Crippen LogP contribution in [0, 0.1) is 0 Å². The van der Waals surface area contributed by atoms with E-state index in [0.29, 0.717) is 9.10 Å². The van der Waals surface area contributed by atoms with E-state index in [1.54, 1.807) is 24.4 Å². The van der Waals surface area contributed by atoms with Crippen LogP contribution in [0.1, 0.15) is 26.3 Å². The van der Waals surface area contributed by atoms with E-state index in [-0.39, 0.29) is 17.8 Å². The summed E-state index contributed by atoms with van der Waals surface area (Å²) in [5, 5.41) is 4.25. The first-order valence-electron chi connectivity index (χ1n) is 9.47. The van der Waals surface area contributed by atoms with Crippen molar-refractivity contribution in [1.29, 1.82) is 0 Å². The molecule has 8 heteroatoms. The SMILES string of the molecule is CC(C)(C)c1ccc(S(=O)(=O)c2cc3c(N4CCNCC4)nccc3s2)cc1.Cl. The minimum Gasteiger partial charge on any atom is -0.354 e. The molecular formula is C21H26ClN3O2S2. The minimum atomic E-state index is -3.55. The highest BCUT2D eigenvalue weighted by molar-refractivity contribution is 7.93. The minimum absolute atomic E-state index is 0. The van der Waals surface area contributed by atoms with Gasteiger partial charge in [0.2, 0.25) is 9.84 Å². The molecule has 0 bridgehead atoms. The third kappa shape index (κ3) is 4.28. The molecule has 1 aliphatic rings. The van der Waals surface area contributed by atoms with Gasteiger partial charge in [-0.05, 0) is 35.2 Å². The summed E-state index contributed by atoms with van der Waals surface area (Å²) in [5.41, 5.74) is 1.11. The molecule has 156 valence electrons. The monoisotopic (exact) mass is 451 g/mol. The average Bonchev–Trinajstić information content (AvgIpc) is 3.13. The molecule has 0 radical (unpaired) electrons. The number of pyridine rings is 1. The molecule has 1 aliphatic heterocycles. The fraction of sp³-hybridized carbons (Fsp3) is 0.381. The zero-order valence-electron chi connectivity index (χ0n) is 16.8. The van der Waals surface area contributed by atoms with Crippen LogP contribution in [0.15, 0.2) is 51.7 Å². The van der Waals surface area contributed by atoms with Crippen molar-refractivity contribution in [2.24, 2.45) is 0 Å². The third-order valence-corrected chi connectivity index (χ3v) is 8.46. The fourth-order valence-electron chi connectivity index (χ4n) is 3.44. The number of fused-ring (bicyclic) bond motifs is 1. The van der Waals surface area contributed by atoms with Crippen LogP contribution in [-0.4, -0.2) is 39.6 Å². The highest BCUT2D eigenvalue weighted by Crippen LogP contribution is 2.37. The molecule has 1 aromatic carbocycles. The molecular weight excluding hydrogens is 426 g/mol. The number of halogens is 1. The van der Waals surface area contributed by atoms with Crippen molar-refractivity contribution in [3.05, 3.63) is 48.2 Å². The smallest absolute Gasteiger partial charge is 0.215 e. The van der Waals surface area contributed by atoms with E-state index in [1.165, 1.54) is 11.3 Å². The number of benzene rings is 1. The Morgan fingerprint density at radius 2 is 1.72 bits per heavy atom. The Hall–Kier alpha value is -1.67. The molecule has 0 unspecified atom stereocenters. The van der Waals surface area contributed by atoms with Crippen LogP contribution in [0.4, 0.5) is 5.82 Å². The predicted octanol–water partition coefficient (Wildman–Crippen LogP) is 4.26. The van der Waals surface area contributed by atoms with E-state index in [4.69, 9.17) is 0 Å². The van der Waals surface area contributed by atoms with E-state index < -0.39 is 9.84 Å². The lowest BCUT2D eigenvalue weighted by Gasteiger charge is -2.28. The molecule has 0 amide bonds. The van der Waals surface area contributed by atoms with E-state index in [2.05, 4.69) is 36.0 Å². The molecule has 0 atom stereocenters. The van der Waals surface area contributed by atoms with Crippen LogP contribution in [0.5, 0.6) is 0 Å². The first-order valence-corrected chi connectivity index (χ1v) is 11.8. The van der Waals surface area contributed by atoms with Gasteiger partial charge in [0, 0.05) is 42.5 Å². The average molecular weight is 452 g/mol. The predicted molar refractivity (Wildman–Crippen MR) is 123 cm³/mol. The highest BCUT2D eigenvalue weighted by atomic mass is 35.5. The van der Waals surface area contributed by atoms with Crippen LogP contribution < -0.4 is 10.2 Å². The molecule has 0 spiro atoms. The van der Waals surface area contributed by atoms with Gasteiger partial charge in [0.1, 0.15) is 10.0 Å². The lowest BCUT2D eigenvalue weighted by Crippen LogP contribution is -2.43. The van der Waals surface area contributed by atoms with Crippen molar-refractivity contribution in [2.45, 2.75) is 35.3 Å². The normalized spacial score (nSPS) is 15.3. The lowest BCUT2D eigenvalue weighted by molar-refractivity contribution is 0.586. The number of hydrogen-bond donors (Lipinski definition) is 1. The van der Waals surface area contributed by atoms with Gasteiger partial charge in [-0.15, -0.1) is 23.7 Å². The lowest BCUT2D eigenvalue weighted by atomic mass is 9.87. The Kier molecular flexibility index (Phi) is 6.24. The summed E-state index contributed by atoms with van der Waals surface area (Å²) in [5.74, 6) is 0.875. The first-order chi connectivity index (χ1) is 13.3. The Balaban J connectivity index is 0.00000240. The zero-order chi connectivity index (χ0) is 19.9. The van der Waals surface area contributed by atoms with Crippen LogP contribution in [0.3, 0.4) is 0 Å². The highest BCUT2D eigenvalue weighted by Gasteiger charge is 2.24. The van der Waals surface area contributed by atoms with Gasteiger partial charge >= 0.3 is 0 Å². The van der Waals surface area contributed by atoms with Crippen molar-refractivity contribution < 1.29 is 8.42 Å². The van der Waals surface area contributed by atoms with E-state index in [1.807, 2.05) is 18.2 Å². The second kappa shape index (κ2) is 8.22. The number of nitrogens with one attached hydrogen (secondary N) is 1. The summed E-state index contributed by atoms with van der Waals surface area (Å²) >= 11 is 1.32. The molecule has 2 aromatic heterocycles. The van der Waals surface area contributed by atoms with Gasteiger partial charge in [0.15, 0.2) is 0 Å². The molecule has 1 saturated heterocycles. The Morgan fingerprint density at radius 1 is 1.07 bits per heavy atom. The molecule has 1 N–H and O–H groups in total. The maximum atomic E-state index is 13.2. The number of hydrogen-bond acceptors (Lipinski definition) is 6. The number of aromatic nitrogens is 1. The second-order valence-electron chi connectivity index (χ2n) is 8.13. The van der Waals surface area contributed by atoms with Gasteiger partial charge in [-0.1, -0.05) is 32.9 Å². The van der Waals surface area contributed by atoms with Gasteiger partial charge < -0.3 is 10.2 Å². The molecule has 4 rings (SSSR count). The molecule has 0 saturated carbocycles. The van der Waals surface area contributed by atoms with Crippen LogP contribution >= 0.6 is 23.7 Å². The van der Waals surface area contributed by atoms with E-state index in [0.717, 1.165) is 47.6 Å². The van der Waals surface area contributed by atoms with Crippen molar-refractivity contribution in [3.8, 4) is 0 Å². The number of anilines is 1. The van der Waals surface area contributed by atoms with Gasteiger partial charge in [0.25, 0.3) is 0 Å². The zero-order valence-corrected chi connectivity index (χ0v) is 19.3. The number of rotatable bonds is 3. The molecule has 0 aliphatic carbocycles. The summed E-state index contributed by atoms with van der Waals surface area (Å²) in [6.45, 7) is 9.92. The van der Waals surface area contributed by atoms with Crippen molar-refractivity contribution in [3.63, 3.8) is 0 Å². The summed E-state index contributed by atoms with van der Waals surface area (Å²) in [4.78, 5) is 7.11. The van der Waals surface area contributed by atoms with Crippen LogP contribution in [0.25, 0.3) is 10.1 Å². The van der Waals surface area contributed by atoms with Crippen molar-refractivity contribution in [2.75, 3.05) is 31.1 Å². The molecule has 1 fully saturated rings. The maximum absolute atomic E-state index is 13.2. The Bertz CT molecular complexity index is 1100. The Morgan fingerprint density at radius 3 is 2.34 bits per heavy atom. The van der Waals surface area contributed by atoms with Gasteiger partial charge in [-0.2, -0.15) is 0 Å². The number of thiophene rings is 1. The van der Waals surface area contributed by atoms with E-state index in [9.17, 15) is 8.42 Å². The van der Waals surface area contributed by atoms with Gasteiger partial charge in [0.05, 0.1) is 4.90 Å². The number of nitrogens with zero attached hydrogens (tertiary/aromatic N) is 2. The summed E-state index contributed by atoms with van der Waals surface area (Å²) < 4.78 is 27.8. The van der Waals surface area contributed by atoms with Crippen molar-refractivity contribution in [1.82, 2.24) is 10.3 Å². The summed E-state index contributed by atoms with van der Waals surface area (Å²) in [7, 11) is -3.55. The third-order valence-electron chi connectivity index (χ3n) is 5.11. The molecule has 3 heterocycles. The fourth-order valence-corrected chi connectivity index (χ4v) is 6.22. The largest absolute Gasteiger partial charge is 0.354 e. The summed E-state index contributed by atoms with van der Waals surface area (Å²) in [6, 6.07) is 10.9. The first kappa shape index (κ1) is 22.0. The number of sulfone groups is 1. The Labute approximate surface area is 182 Å². The molecule has 29 heavy (non-hydrogen) atoms. The number of piperazine rings is 1. The van der Waals surface area contributed by atoms with Gasteiger partial charge in [-0.3, -0.25) is 0 Å².